The summed E-state index contributed by atoms with van der Waals surface area (Å²) in [5.74, 6) is 0. The quantitative estimate of drug-likeness (QED) is 0.402. The molecular formula is C18H17Cl2N2Ru-. The predicted molar refractivity (Wildman–Crippen MR) is 97.2 cm³/mol. The van der Waals surface area contributed by atoms with Gasteiger partial charge in [-0.05, 0) is 24.3 Å². The molecule has 0 spiro atoms. The number of benzene rings is 1. The second kappa shape index (κ2) is 11.2. The van der Waals surface area contributed by atoms with Gasteiger partial charge in [0.1, 0.15) is 0 Å². The summed E-state index contributed by atoms with van der Waals surface area (Å²) in [6, 6.07) is 21.5. The first-order valence-electron chi connectivity index (χ1n) is 6.46. The van der Waals surface area contributed by atoms with Crippen molar-refractivity contribution in [3.05, 3.63) is 92.1 Å². The Morgan fingerprint density at radius 1 is 0.696 bits per heavy atom. The number of rotatable bonds is 2. The zero-order chi connectivity index (χ0) is 15.6. The van der Waals surface area contributed by atoms with E-state index in [0.717, 1.165) is 17.0 Å². The third kappa shape index (κ3) is 7.61. The van der Waals surface area contributed by atoms with Crippen LogP contribution in [0.5, 0.6) is 0 Å². The maximum atomic E-state index is 5.67. The normalized spacial score (nSPS) is 9.74. The molecule has 122 valence electrons. The minimum atomic E-state index is -1.61. The zero-order valence-electron chi connectivity index (χ0n) is 12.6. The van der Waals surface area contributed by atoms with Crippen molar-refractivity contribution in [1.82, 2.24) is 9.97 Å². The van der Waals surface area contributed by atoms with Crippen molar-refractivity contribution in [1.29, 1.82) is 0 Å². The van der Waals surface area contributed by atoms with E-state index in [1.54, 1.807) is 12.4 Å². The molecule has 0 unspecified atom stereocenters. The minimum Gasteiger partial charge on any atom is -0.255 e. The van der Waals surface area contributed by atoms with Crippen LogP contribution in [0.4, 0.5) is 0 Å². The summed E-state index contributed by atoms with van der Waals surface area (Å²) in [5, 5.41) is 0. The molecule has 2 nitrogen and oxygen atoms in total. The molecule has 0 aliphatic heterocycles. The fraction of sp³-hybridized carbons (Fsp3) is 0. The summed E-state index contributed by atoms with van der Waals surface area (Å²) in [4.78, 5) is 8.37. The second-order valence-corrected chi connectivity index (χ2v) is 9.87. The fourth-order valence-electron chi connectivity index (χ4n) is 1.64. The van der Waals surface area contributed by atoms with Gasteiger partial charge in [-0.2, -0.15) is 0 Å². The van der Waals surface area contributed by atoms with E-state index in [1.807, 2.05) is 71.3 Å². The Morgan fingerprint density at radius 2 is 1.17 bits per heavy atom. The smallest absolute Gasteiger partial charge is 0.0886 e. The molecular weight excluding hydrogens is 416 g/mol. The van der Waals surface area contributed by atoms with E-state index in [0.29, 0.717) is 0 Å². The van der Waals surface area contributed by atoms with Gasteiger partial charge in [0.2, 0.25) is 0 Å². The van der Waals surface area contributed by atoms with Crippen LogP contribution in [0.25, 0.3) is 11.4 Å². The maximum absolute atomic E-state index is 5.67. The molecule has 0 amide bonds. The molecule has 2 heterocycles. The van der Waals surface area contributed by atoms with Crippen LogP contribution < -0.4 is 0 Å². The first kappa shape index (κ1) is 19.6. The number of hydrogen-bond donors (Lipinski definition) is 0. The monoisotopic (exact) mass is 433 g/mol. The Labute approximate surface area is 150 Å². The van der Waals surface area contributed by atoms with E-state index in [2.05, 4.69) is 9.97 Å². The van der Waals surface area contributed by atoms with Crippen molar-refractivity contribution in [2.75, 3.05) is 0 Å². The van der Waals surface area contributed by atoms with Crippen molar-refractivity contribution in [3.8, 4) is 11.4 Å². The Morgan fingerprint density at radius 3 is 1.57 bits per heavy atom. The van der Waals surface area contributed by atoms with Gasteiger partial charge in [0.25, 0.3) is 0 Å². The van der Waals surface area contributed by atoms with E-state index in [9.17, 15) is 0 Å². The van der Waals surface area contributed by atoms with Crippen LogP contribution in [0.3, 0.4) is 0 Å². The number of hydrogen-bond acceptors (Lipinski definition) is 2. The first-order chi connectivity index (χ1) is 10.8. The molecule has 2 aromatic heterocycles. The van der Waals surface area contributed by atoms with Gasteiger partial charge >= 0.3 is 73.4 Å². The summed E-state index contributed by atoms with van der Waals surface area (Å²) in [6.45, 7) is 0. The molecule has 0 radical (unpaired) electrons. The molecule has 0 aliphatic carbocycles. The van der Waals surface area contributed by atoms with E-state index in [4.69, 9.17) is 19.4 Å². The van der Waals surface area contributed by atoms with Crippen LogP contribution >= 0.6 is 19.4 Å². The van der Waals surface area contributed by atoms with Gasteiger partial charge < -0.3 is 7.43 Å². The molecule has 0 saturated carbocycles. The fourth-order valence-corrected chi connectivity index (χ4v) is 3.47. The van der Waals surface area contributed by atoms with E-state index >= 15 is 0 Å². The van der Waals surface area contributed by atoms with Gasteiger partial charge in [-0.1, -0.05) is 12.1 Å². The van der Waals surface area contributed by atoms with Gasteiger partial charge in [0.05, 0.1) is 11.4 Å². The molecule has 3 aromatic rings. The van der Waals surface area contributed by atoms with E-state index in [1.165, 1.54) is 0 Å². The Bertz CT molecular complexity index is 663. The number of halogens is 2. The number of pyridine rings is 2. The molecule has 3 rings (SSSR count). The van der Waals surface area contributed by atoms with Crippen molar-refractivity contribution < 1.29 is 13.5 Å². The number of nitrogens with zero attached hydrogens (tertiary/aromatic N) is 2. The van der Waals surface area contributed by atoms with Gasteiger partial charge in [-0.3, -0.25) is 9.97 Å². The van der Waals surface area contributed by atoms with Crippen molar-refractivity contribution in [2.24, 2.45) is 0 Å². The molecule has 5 heteroatoms. The standard InChI is InChI=1S/C10H8N2.C7H6.CH3.2ClH.Ru/c1-3-7-11-9(5-1)10-6-2-4-8-12-10;1-7-5-3-2-4-6-7;;;;/h1-8H;1-6H;1H3;2*1H;/q;;-1;;;+2/p-2. The molecule has 0 bridgehead atoms. The van der Waals surface area contributed by atoms with Crippen molar-refractivity contribution >= 4 is 24.0 Å². The summed E-state index contributed by atoms with van der Waals surface area (Å²) in [7, 11) is 11.3. The molecule has 0 N–H and O–H groups in total. The largest absolute Gasteiger partial charge is 0.255 e. The zero-order valence-corrected chi connectivity index (χ0v) is 15.8. The SMILES string of the molecule is [CH3-].[Cl][Ru]([Cl])=[CH]c1ccccc1.c1ccc(-c2ccccn2)nc1. The predicted octanol–water partition coefficient (Wildman–Crippen LogP) is 5.36. The second-order valence-electron chi connectivity index (χ2n) is 4.15. The summed E-state index contributed by atoms with van der Waals surface area (Å²) in [5.41, 5.74) is 2.95. The topological polar surface area (TPSA) is 25.8 Å². The average molecular weight is 433 g/mol. The Hall–Kier alpha value is -1.41. The third-order valence-electron chi connectivity index (χ3n) is 2.59. The van der Waals surface area contributed by atoms with Crippen LogP contribution in [0.1, 0.15) is 5.56 Å². The number of aromatic nitrogens is 2. The van der Waals surface area contributed by atoms with E-state index < -0.39 is 13.5 Å². The molecule has 23 heavy (non-hydrogen) atoms. The average Bonchev–Trinajstić information content (AvgIpc) is 2.57. The molecule has 1 aromatic carbocycles. The molecule has 0 fully saturated rings. The summed E-state index contributed by atoms with van der Waals surface area (Å²) < 4.78 is 1.92. The van der Waals surface area contributed by atoms with Gasteiger partial charge in [0.15, 0.2) is 0 Å². The minimum absolute atomic E-state index is 0. The van der Waals surface area contributed by atoms with E-state index in [-0.39, 0.29) is 7.43 Å². The van der Waals surface area contributed by atoms with Crippen LogP contribution in [0.2, 0.25) is 0 Å². The van der Waals surface area contributed by atoms with Gasteiger partial charge in [0, 0.05) is 12.4 Å². The summed E-state index contributed by atoms with van der Waals surface area (Å²) >= 11 is -1.61. The van der Waals surface area contributed by atoms with Gasteiger partial charge in [-0.15, -0.1) is 0 Å². The summed E-state index contributed by atoms with van der Waals surface area (Å²) in [6.07, 6.45) is 3.54. The van der Waals surface area contributed by atoms with Crippen LogP contribution in [0.15, 0.2) is 79.1 Å². The van der Waals surface area contributed by atoms with Crippen LogP contribution in [-0.4, -0.2) is 14.6 Å². The van der Waals surface area contributed by atoms with Crippen LogP contribution in [-0.2, 0) is 13.5 Å². The van der Waals surface area contributed by atoms with Gasteiger partial charge in [-0.25, -0.2) is 0 Å². The molecule has 0 saturated heterocycles. The molecule has 0 atom stereocenters. The van der Waals surface area contributed by atoms with Crippen molar-refractivity contribution in [2.45, 2.75) is 0 Å². The molecule has 0 aliphatic rings. The first-order valence-corrected chi connectivity index (χ1v) is 11.9. The third-order valence-corrected chi connectivity index (χ3v) is 4.46. The van der Waals surface area contributed by atoms with Crippen LogP contribution in [0, 0.1) is 7.43 Å². The van der Waals surface area contributed by atoms with Crippen molar-refractivity contribution in [3.63, 3.8) is 0 Å². The Kier molecular flexibility index (Phi) is 9.55. The Balaban J connectivity index is 0.000000224. The maximum Gasteiger partial charge on any atom is 0.0886 e.